The van der Waals surface area contributed by atoms with E-state index in [1.807, 2.05) is 29.4 Å². The fourth-order valence-electron chi connectivity index (χ4n) is 1.73. The summed E-state index contributed by atoms with van der Waals surface area (Å²) in [5.74, 6) is 4.11. The minimum absolute atomic E-state index is 0.0182. The maximum absolute atomic E-state index is 13.8. The van der Waals surface area contributed by atoms with Crippen molar-refractivity contribution in [2.75, 3.05) is 0 Å². The average Bonchev–Trinajstić information content (AvgIpc) is 2.50. The smallest absolute Gasteiger partial charge is 0.151 e. The second kappa shape index (κ2) is 6.90. The molecule has 0 fully saturated rings. The highest BCUT2D eigenvalue weighted by molar-refractivity contribution is 7.78. The van der Waals surface area contributed by atoms with Gasteiger partial charge in [0.1, 0.15) is 11.5 Å². The first-order chi connectivity index (χ1) is 10.1. The molecule has 1 nitrogen and oxygen atoms in total. The zero-order valence-corrected chi connectivity index (χ0v) is 12.1. The first-order valence-corrected chi connectivity index (χ1v) is 6.72. The van der Waals surface area contributed by atoms with Crippen molar-refractivity contribution in [1.29, 1.82) is 0 Å². The minimum Gasteiger partial charge on any atom is -0.206 e. The molecule has 2 rings (SSSR count). The molecule has 0 radical (unpaired) electrons. The van der Waals surface area contributed by atoms with Gasteiger partial charge in [-0.25, -0.2) is 8.78 Å². The van der Waals surface area contributed by atoms with Gasteiger partial charge in [-0.05, 0) is 42.4 Å². The van der Waals surface area contributed by atoms with Crippen LogP contribution in [-0.2, 0) is 6.42 Å². The monoisotopic (exact) mass is 299 g/mol. The molecule has 0 aliphatic rings. The largest absolute Gasteiger partial charge is 0.206 e. The Morgan fingerprint density at radius 2 is 1.76 bits per heavy atom. The van der Waals surface area contributed by atoms with Crippen molar-refractivity contribution < 1.29 is 8.78 Å². The van der Waals surface area contributed by atoms with Crippen LogP contribution in [0.1, 0.15) is 23.6 Å². The fraction of sp³-hybridized carbons (Fsp3) is 0.118. The lowest BCUT2D eigenvalue weighted by Gasteiger charge is -1.99. The maximum atomic E-state index is 13.8. The molecule has 0 N–H and O–H groups in total. The molecule has 0 unspecified atom stereocenters. The summed E-state index contributed by atoms with van der Waals surface area (Å²) in [5.41, 5.74) is 1.74. The van der Waals surface area contributed by atoms with Crippen molar-refractivity contribution >= 4 is 23.1 Å². The number of halogens is 2. The Morgan fingerprint density at radius 1 is 1.05 bits per heavy atom. The summed E-state index contributed by atoms with van der Waals surface area (Å²) in [5, 5.41) is 2.01. The van der Waals surface area contributed by atoms with Gasteiger partial charge in [-0.3, -0.25) is 0 Å². The summed E-state index contributed by atoms with van der Waals surface area (Å²) >= 11 is 4.37. The van der Waals surface area contributed by atoms with Crippen LogP contribution in [0.4, 0.5) is 14.5 Å². The molecule has 2 aromatic carbocycles. The topological polar surface area (TPSA) is 12.4 Å². The molecule has 0 amide bonds. The molecule has 2 aromatic rings. The van der Waals surface area contributed by atoms with Crippen molar-refractivity contribution in [2.24, 2.45) is 4.99 Å². The zero-order chi connectivity index (χ0) is 15.2. The van der Waals surface area contributed by atoms with Gasteiger partial charge in [0.2, 0.25) is 0 Å². The lowest BCUT2D eigenvalue weighted by atomic mass is 10.1. The number of hydrogen-bond donors (Lipinski definition) is 0. The SMILES string of the molecule is CCc1ccc(C#Cc2cc(F)c(N=C=S)cc2F)cc1. The van der Waals surface area contributed by atoms with E-state index in [2.05, 4.69) is 36.0 Å². The van der Waals surface area contributed by atoms with Crippen LogP contribution in [0.5, 0.6) is 0 Å². The standard InChI is InChI=1S/C17H11F2NS/c1-2-12-3-5-13(6-4-12)7-8-14-9-16(19)17(20-11-21)10-15(14)18/h3-6,9-10H,2H2,1H3. The normalized spacial score (nSPS) is 9.48. The third-order valence-corrected chi connectivity index (χ3v) is 3.00. The lowest BCUT2D eigenvalue weighted by molar-refractivity contribution is 0.599. The van der Waals surface area contributed by atoms with Crippen LogP contribution in [0.3, 0.4) is 0 Å². The molecule has 0 saturated heterocycles. The summed E-state index contributed by atoms with van der Waals surface area (Å²) in [6, 6.07) is 9.58. The molecular weight excluding hydrogens is 288 g/mol. The molecule has 0 bridgehead atoms. The van der Waals surface area contributed by atoms with Gasteiger partial charge in [-0.2, -0.15) is 4.99 Å². The van der Waals surface area contributed by atoms with Crippen LogP contribution in [0.2, 0.25) is 0 Å². The van der Waals surface area contributed by atoms with Crippen LogP contribution in [0.15, 0.2) is 41.4 Å². The van der Waals surface area contributed by atoms with E-state index in [1.165, 1.54) is 5.56 Å². The Bertz CT molecular complexity index is 764. The average molecular weight is 299 g/mol. The van der Waals surface area contributed by atoms with Crippen LogP contribution < -0.4 is 0 Å². The first kappa shape index (κ1) is 15.1. The van der Waals surface area contributed by atoms with E-state index in [1.54, 1.807) is 0 Å². The lowest BCUT2D eigenvalue weighted by Crippen LogP contribution is -1.87. The summed E-state index contributed by atoms with van der Waals surface area (Å²) in [4.78, 5) is 3.45. The van der Waals surface area contributed by atoms with Crippen LogP contribution >= 0.6 is 12.2 Å². The van der Waals surface area contributed by atoms with Crippen molar-refractivity contribution in [3.63, 3.8) is 0 Å². The number of thiocarbonyl (C=S) groups is 1. The van der Waals surface area contributed by atoms with Crippen molar-refractivity contribution in [3.8, 4) is 11.8 Å². The Hall–Kier alpha value is -2.34. The third kappa shape index (κ3) is 3.82. The number of nitrogens with zero attached hydrogens (tertiary/aromatic N) is 1. The molecule has 0 aliphatic heterocycles. The number of aliphatic imine (C=N–C) groups is 1. The van der Waals surface area contributed by atoms with E-state index in [4.69, 9.17) is 0 Å². The van der Waals surface area contributed by atoms with Gasteiger partial charge in [-0.15, -0.1) is 0 Å². The van der Waals surface area contributed by atoms with E-state index >= 15 is 0 Å². The van der Waals surface area contributed by atoms with Gasteiger partial charge in [-0.1, -0.05) is 30.9 Å². The summed E-state index contributed by atoms with van der Waals surface area (Å²) in [6.07, 6.45) is 0.940. The molecule has 21 heavy (non-hydrogen) atoms. The molecule has 0 saturated carbocycles. The van der Waals surface area contributed by atoms with E-state index in [0.717, 1.165) is 24.1 Å². The molecular formula is C17H11F2NS. The number of aryl methyl sites for hydroxylation is 1. The van der Waals surface area contributed by atoms with Gasteiger partial charge in [0.15, 0.2) is 5.82 Å². The number of rotatable bonds is 2. The highest BCUT2D eigenvalue weighted by Gasteiger charge is 2.07. The molecule has 104 valence electrons. The highest BCUT2D eigenvalue weighted by atomic mass is 32.1. The summed E-state index contributed by atoms with van der Waals surface area (Å²) in [6.45, 7) is 2.06. The Kier molecular flexibility index (Phi) is 4.94. The highest BCUT2D eigenvalue weighted by Crippen LogP contribution is 2.21. The second-order valence-corrected chi connectivity index (χ2v) is 4.47. The number of isothiocyanates is 1. The Balaban J connectivity index is 2.33. The Labute approximate surface area is 127 Å². The van der Waals surface area contributed by atoms with Gasteiger partial charge >= 0.3 is 0 Å². The van der Waals surface area contributed by atoms with Gasteiger partial charge < -0.3 is 0 Å². The van der Waals surface area contributed by atoms with Crippen molar-refractivity contribution in [2.45, 2.75) is 13.3 Å². The number of hydrogen-bond acceptors (Lipinski definition) is 2. The second-order valence-electron chi connectivity index (χ2n) is 4.29. The van der Waals surface area contributed by atoms with Gasteiger partial charge in [0, 0.05) is 11.6 Å². The molecule has 4 heteroatoms. The molecule has 0 spiro atoms. The van der Waals surface area contributed by atoms with E-state index < -0.39 is 11.6 Å². The zero-order valence-electron chi connectivity index (χ0n) is 11.3. The Morgan fingerprint density at radius 3 is 2.38 bits per heavy atom. The van der Waals surface area contributed by atoms with Crippen LogP contribution in [0.25, 0.3) is 0 Å². The summed E-state index contributed by atoms with van der Waals surface area (Å²) < 4.78 is 27.4. The van der Waals surface area contributed by atoms with Crippen molar-refractivity contribution in [3.05, 3.63) is 64.7 Å². The van der Waals surface area contributed by atoms with E-state index in [-0.39, 0.29) is 11.3 Å². The number of benzene rings is 2. The predicted molar refractivity (Wildman–Crippen MR) is 82.8 cm³/mol. The van der Waals surface area contributed by atoms with Gasteiger partial charge in [0.05, 0.1) is 10.7 Å². The first-order valence-electron chi connectivity index (χ1n) is 6.32. The predicted octanol–water partition coefficient (Wildman–Crippen LogP) is 4.66. The maximum Gasteiger partial charge on any atom is 0.151 e. The van der Waals surface area contributed by atoms with Crippen LogP contribution in [0, 0.1) is 23.5 Å². The third-order valence-electron chi connectivity index (χ3n) is 2.91. The van der Waals surface area contributed by atoms with Gasteiger partial charge in [0.25, 0.3) is 0 Å². The van der Waals surface area contributed by atoms with Crippen LogP contribution in [-0.4, -0.2) is 5.16 Å². The molecule has 0 atom stereocenters. The molecule has 0 heterocycles. The molecule has 0 aromatic heterocycles. The minimum atomic E-state index is -0.681. The summed E-state index contributed by atoms with van der Waals surface area (Å²) in [7, 11) is 0. The fourth-order valence-corrected chi connectivity index (χ4v) is 1.83. The van der Waals surface area contributed by atoms with Crippen molar-refractivity contribution in [1.82, 2.24) is 0 Å². The van der Waals surface area contributed by atoms with E-state index in [0.29, 0.717) is 0 Å². The quantitative estimate of drug-likeness (QED) is 0.446. The van der Waals surface area contributed by atoms with E-state index in [9.17, 15) is 8.78 Å². The molecule has 0 aliphatic carbocycles.